The molecule has 0 amide bonds. The third kappa shape index (κ3) is 2.96. The van der Waals surface area contributed by atoms with Gasteiger partial charge in [0.2, 0.25) is 0 Å². The molecule has 3 nitrogen and oxygen atoms in total. The van der Waals surface area contributed by atoms with Crippen LogP contribution in [0.3, 0.4) is 0 Å². The van der Waals surface area contributed by atoms with Crippen LogP contribution in [0.4, 0.5) is 0 Å². The first-order chi connectivity index (χ1) is 5.83. The zero-order valence-corrected chi connectivity index (χ0v) is 7.45. The predicted molar refractivity (Wildman–Crippen MR) is 48.8 cm³/mol. The van der Waals surface area contributed by atoms with Gasteiger partial charge in [0.25, 0.3) is 0 Å². The topological polar surface area (TPSA) is 51.8 Å². The van der Waals surface area contributed by atoms with E-state index < -0.39 is 0 Å². The molecule has 0 aliphatic heterocycles. The van der Waals surface area contributed by atoms with E-state index >= 15 is 0 Å². The van der Waals surface area contributed by atoms with Crippen LogP contribution in [0.5, 0.6) is 0 Å². The van der Waals surface area contributed by atoms with E-state index in [4.69, 9.17) is 5.73 Å². The Kier molecular flexibility index (Phi) is 3.67. The van der Waals surface area contributed by atoms with E-state index in [0.29, 0.717) is 0 Å². The molecule has 12 heavy (non-hydrogen) atoms. The summed E-state index contributed by atoms with van der Waals surface area (Å²) in [4.78, 5) is 0. The summed E-state index contributed by atoms with van der Waals surface area (Å²) in [5.74, 6) is 0. The number of aryl methyl sites for hydroxylation is 2. The fraction of sp³-hybridized carbons (Fsp3) is 0.556. The second-order valence-electron chi connectivity index (χ2n) is 2.97. The second-order valence-corrected chi connectivity index (χ2v) is 2.97. The monoisotopic (exact) mass is 165 g/mol. The number of rotatable bonds is 4. The molecule has 2 N–H and O–H groups in total. The van der Waals surface area contributed by atoms with Gasteiger partial charge in [-0.2, -0.15) is 10.2 Å². The number of nitrogens with two attached hydrogens (primary N) is 1. The van der Waals surface area contributed by atoms with Crippen molar-refractivity contribution in [3.63, 3.8) is 0 Å². The lowest BCUT2D eigenvalue weighted by molar-refractivity contribution is 0.721. The summed E-state index contributed by atoms with van der Waals surface area (Å²) in [5, 5.41) is 7.90. The first-order valence-corrected chi connectivity index (χ1v) is 4.31. The van der Waals surface area contributed by atoms with Crippen molar-refractivity contribution in [3.05, 3.63) is 23.5 Å². The van der Waals surface area contributed by atoms with Crippen molar-refractivity contribution in [2.75, 3.05) is 6.54 Å². The molecule has 0 aromatic carbocycles. The van der Waals surface area contributed by atoms with Gasteiger partial charge in [-0.25, -0.2) is 0 Å². The zero-order valence-electron chi connectivity index (χ0n) is 7.45. The quantitative estimate of drug-likeness (QED) is 0.679. The van der Waals surface area contributed by atoms with Gasteiger partial charge in [-0.15, -0.1) is 0 Å². The fourth-order valence-corrected chi connectivity index (χ4v) is 1.10. The summed E-state index contributed by atoms with van der Waals surface area (Å²) < 4.78 is 0. The molecule has 1 heterocycles. The smallest absolute Gasteiger partial charge is 0.0633 e. The zero-order chi connectivity index (χ0) is 8.81. The molecule has 1 aromatic rings. The Labute approximate surface area is 73.0 Å². The van der Waals surface area contributed by atoms with Crippen LogP contribution < -0.4 is 5.73 Å². The Morgan fingerprint density at radius 3 is 2.92 bits per heavy atom. The van der Waals surface area contributed by atoms with Crippen LogP contribution >= 0.6 is 0 Å². The summed E-state index contributed by atoms with van der Waals surface area (Å²) in [6.45, 7) is 2.79. The first kappa shape index (κ1) is 9.13. The highest BCUT2D eigenvalue weighted by atomic mass is 15.1. The van der Waals surface area contributed by atoms with Gasteiger partial charge in [-0.05, 0) is 44.4 Å². The minimum absolute atomic E-state index is 0.763. The van der Waals surface area contributed by atoms with Crippen molar-refractivity contribution in [1.29, 1.82) is 0 Å². The second kappa shape index (κ2) is 4.83. The SMILES string of the molecule is Cc1cnnc(CCCCN)c1. The maximum Gasteiger partial charge on any atom is 0.0633 e. The maximum atomic E-state index is 5.39. The predicted octanol–water partition coefficient (Wildman–Crippen LogP) is 1.07. The normalized spacial score (nSPS) is 10.2. The summed E-state index contributed by atoms with van der Waals surface area (Å²) in [5.41, 5.74) is 7.63. The molecule has 0 fully saturated rings. The van der Waals surface area contributed by atoms with Gasteiger partial charge >= 0.3 is 0 Å². The van der Waals surface area contributed by atoms with Crippen molar-refractivity contribution < 1.29 is 0 Å². The molecular formula is C9H15N3. The lowest BCUT2D eigenvalue weighted by atomic mass is 10.1. The fourth-order valence-electron chi connectivity index (χ4n) is 1.10. The first-order valence-electron chi connectivity index (χ1n) is 4.31. The highest BCUT2D eigenvalue weighted by molar-refractivity contribution is 5.10. The summed E-state index contributed by atoms with van der Waals surface area (Å²) in [6, 6.07) is 2.07. The molecule has 66 valence electrons. The molecule has 0 saturated carbocycles. The van der Waals surface area contributed by atoms with E-state index in [0.717, 1.165) is 31.5 Å². The van der Waals surface area contributed by atoms with Crippen LogP contribution in [-0.2, 0) is 6.42 Å². The van der Waals surface area contributed by atoms with Gasteiger partial charge in [-0.1, -0.05) is 0 Å². The Morgan fingerprint density at radius 2 is 2.25 bits per heavy atom. The minimum Gasteiger partial charge on any atom is -0.330 e. The van der Waals surface area contributed by atoms with Crippen LogP contribution in [0, 0.1) is 6.92 Å². The summed E-state index contributed by atoms with van der Waals surface area (Å²) in [7, 11) is 0. The van der Waals surface area contributed by atoms with Gasteiger partial charge in [0.15, 0.2) is 0 Å². The standard InChI is InChI=1S/C9H15N3/c1-8-6-9(12-11-7-8)4-2-3-5-10/h6-7H,2-5,10H2,1H3. The molecular weight excluding hydrogens is 150 g/mol. The molecule has 0 aliphatic rings. The molecule has 0 atom stereocenters. The number of nitrogens with zero attached hydrogens (tertiary/aromatic N) is 2. The molecule has 0 spiro atoms. The van der Waals surface area contributed by atoms with Crippen molar-refractivity contribution in [2.45, 2.75) is 26.2 Å². The van der Waals surface area contributed by atoms with Crippen molar-refractivity contribution in [1.82, 2.24) is 10.2 Å². The van der Waals surface area contributed by atoms with Gasteiger partial charge in [0, 0.05) is 0 Å². The molecule has 3 heteroatoms. The lowest BCUT2D eigenvalue weighted by Gasteiger charge is -1.98. The van der Waals surface area contributed by atoms with Crippen molar-refractivity contribution >= 4 is 0 Å². The Bertz CT molecular complexity index is 235. The average molecular weight is 165 g/mol. The third-order valence-corrected chi connectivity index (χ3v) is 1.73. The molecule has 0 radical (unpaired) electrons. The van der Waals surface area contributed by atoms with Gasteiger partial charge in [0.05, 0.1) is 11.9 Å². The van der Waals surface area contributed by atoms with E-state index in [-0.39, 0.29) is 0 Å². The van der Waals surface area contributed by atoms with E-state index in [2.05, 4.69) is 16.3 Å². The third-order valence-electron chi connectivity index (χ3n) is 1.73. The van der Waals surface area contributed by atoms with E-state index in [1.54, 1.807) is 6.20 Å². The number of unbranched alkanes of at least 4 members (excludes halogenated alkanes) is 1. The average Bonchev–Trinajstić information content (AvgIpc) is 2.05. The molecule has 0 saturated heterocycles. The summed E-state index contributed by atoms with van der Waals surface area (Å²) >= 11 is 0. The number of hydrogen-bond acceptors (Lipinski definition) is 3. The Balaban J connectivity index is 2.41. The van der Waals surface area contributed by atoms with Gasteiger partial charge < -0.3 is 5.73 Å². The van der Waals surface area contributed by atoms with E-state index in [1.165, 1.54) is 5.56 Å². The molecule has 1 aromatic heterocycles. The van der Waals surface area contributed by atoms with Crippen LogP contribution in [-0.4, -0.2) is 16.7 Å². The molecule has 0 unspecified atom stereocenters. The summed E-state index contributed by atoms with van der Waals surface area (Å²) in [6.07, 6.45) is 4.93. The molecule has 0 aliphatic carbocycles. The Morgan fingerprint density at radius 1 is 1.42 bits per heavy atom. The van der Waals surface area contributed by atoms with E-state index in [9.17, 15) is 0 Å². The van der Waals surface area contributed by atoms with Crippen LogP contribution in [0.15, 0.2) is 12.3 Å². The minimum atomic E-state index is 0.763. The van der Waals surface area contributed by atoms with Crippen molar-refractivity contribution in [2.24, 2.45) is 5.73 Å². The van der Waals surface area contributed by atoms with Crippen LogP contribution in [0.2, 0.25) is 0 Å². The Hall–Kier alpha value is -0.960. The van der Waals surface area contributed by atoms with Crippen LogP contribution in [0.1, 0.15) is 24.1 Å². The van der Waals surface area contributed by atoms with Crippen LogP contribution in [0.25, 0.3) is 0 Å². The largest absolute Gasteiger partial charge is 0.330 e. The lowest BCUT2D eigenvalue weighted by Crippen LogP contribution is -2.00. The highest BCUT2D eigenvalue weighted by Crippen LogP contribution is 2.02. The number of aromatic nitrogens is 2. The maximum absolute atomic E-state index is 5.39. The number of hydrogen-bond donors (Lipinski definition) is 1. The van der Waals surface area contributed by atoms with Gasteiger partial charge in [-0.3, -0.25) is 0 Å². The van der Waals surface area contributed by atoms with Gasteiger partial charge in [0.1, 0.15) is 0 Å². The van der Waals surface area contributed by atoms with Crippen molar-refractivity contribution in [3.8, 4) is 0 Å². The van der Waals surface area contributed by atoms with E-state index in [1.807, 2.05) is 6.92 Å². The highest BCUT2D eigenvalue weighted by Gasteiger charge is 1.94. The molecule has 0 bridgehead atoms. The molecule has 1 rings (SSSR count).